The van der Waals surface area contributed by atoms with Crippen LogP contribution in [0, 0.1) is 5.92 Å². The Hall–Kier alpha value is -1.30. The second-order valence-corrected chi connectivity index (χ2v) is 8.16. The van der Waals surface area contributed by atoms with Crippen LogP contribution in [-0.2, 0) is 15.9 Å². The van der Waals surface area contributed by atoms with E-state index in [4.69, 9.17) is 15.2 Å². The second-order valence-electron chi connectivity index (χ2n) is 8.16. The van der Waals surface area contributed by atoms with Crippen molar-refractivity contribution in [2.45, 2.75) is 65.7 Å². The Balaban J connectivity index is 2.27. The molecule has 1 aliphatic rings. The number of hydrogen-bond acceptors (Lipinski definition) is 5. The van der Waals surface area contributed by atoms with Gasteiger partial charge in [-0.2, -0.15) is 0 Å². The fraction of sp³-hybridized carbons (Fsp3) is 0.714. The van der Waals surface area contributed by atoms with Crippen molar-refractivity contribution >= 4 is 11.4 Å². The van der Waals surface area contributed by atoms with Crippen LogP contribution in [0.15, 0.2) is 12.1 Å². The lowest BCUT2D eigenvalue weighted by atomic mass is 9.77. The molecule has 0 aliphatic carbocycles. The maximum Gasteiger partial charge on any atom is 0.172 e. The highest BCUT2D eigenvalue weighted by molar-refractivity contribution is 5.67. The summed E-state index contributed by atoms with van der Waals surface area (Å²) in [7, 11) is 0. The molecule has 0 saturated carbocycles. The molecule has 0 saturated heterocycles. The van der Waals surface area contributed by atoms with Crippen molar-refractivity contribution in [3.05, 3.63) is 23.3 Å². The molecule has 0 amide bonds. The van der Waals surface area contributed by atoms with Crippen molar-refractivity contribution in [2.75, 3.05) is 37.0 Å². The van der Waals surface area contributed by atoms with Crippen molar-refractivity contribution in [1.29, 1.82) is 0 Å². The first kappa shape index (κ1) is 21.0. The van der Waals surface area contributed by atoms with E-state index in [1.165, 1.54) is 11.3 Å². The van der Waals surface area contributed by atoms with Crippen LogP contribution < -0.4 is 10.6 Å². The predicted molar refractivity (Wildman–Crippen MR) is 108 cm³/mol. The van der Waals surface area contributed by atoms with Crippen LogP contribution in [-0.4, -0.2) is 43.3 Å². The van der Waals surface area contributed by atoms with Gasteiger partial charge in [0.05, 0.1) is 19.8 Å². The van der Waals surface area contributed by atoms with E-state index in [2.05, 4.69) is 51.7 Å². The van der Waals surface area contributed by atoms with Gasteiger partial charge in [0.15, 0.2) is 6.29 Å². The van der Waals surface area contributed by atoms with Gasteiger partial charge in [0.1, 0.15) is 0 Å². The average molecular weight is 365 g/mol. The molecule has 0 aromatic heterocycles. The van der Waals surface area contributed by atoms with Gasteiger partial charge < -0.3 is 25.2 Å². The molecule has 1 aromatic rings. The van der Waals surface area contributed by atoms with E-state index in [0.29, 0.717) is 38.2 Å². The molecule has 1 aromatic carbocycles. The molecule has 0 radical (unpaired) electrons. The van der Waals surface area contributed by atoms with Gasteiger partial charge in [-0.1, -0.05) is 20.8 Å². The molecule has 0 fully saturated rings. The summed E-state index contributed by atoms with van der Waals surface area (Å²) in [5, 5.41) is 10.4. The van der Waals surface area contributed by atoms with Crippen LogP contribution in [0.3, 0.4) is 0 Å². The van der Waals surface area contributed by atoms with Crippen LogP contribution in [0.25, 0.3) is 0 Å². The number of nitrogen functional groups attached to an aromatic ring is 1. The molecule has 5 nitrogen and oxygen atoms in total. The van der Waals surface area contributed by atoms with E-state index in [9.17, 15) is 5.11 Å². The number of β-amino-alcohol motifs (C(OH)–C–C–N with tert-alkyl or cyclic N) is 1. The zero-order valence-electron chi connectivity index (χ0n) is 17.2. The Labute approximate surface area is 158 Å². The number of nitrogens with zero attached hydrogens (tertiary/aromatic N) is 1. The summed E-state index contributed by atoms with van der Waals surface area (Å²) in [5.74, 6) is 0.798. The van der Waals surface area contributed by atoms with Gasteiger partial charge in [-0.25, -0.2) is 0 Å². The standard InChI is InChI=1S/C21H36N2O3/c1-7-25-8-9-26-20(24)13-23-19-12-17(14(2)3)18(22)11-16(19)10-15(4)21(23,5)6/h11-12,14-15,20,24H,7-10,13,22H2,1-6H3. The summed E-state index contributed by atoms with van der Waals surface area (Å²) < 4.78 is 10.8. The summed E-state index contributed by atoms with van der Waals surface area (Å²) in [6.07, 6.45) is 0.135. The van der Waals surface area contributed by atoms with Crippen molar-refractivity contribution in [3.63, 3.8) is 0 Å². The summed E-state index contributed by atoms with van der Waals surface area (Å²) >= 11 is 0. The smallest absolute Gasteiger partial charge is 0.172 e. The predicted octanol–water partition coefficient (Wildman–Crippen LogP) is 3.54. The Bertz CT molecular complexity index is 601. The van der Waals surface area contributed by atoms with Gasteiger partial charge in [-0.05, 0) is 62.3 Å². The topological polar surface area (TPSA) is 68.0 Å². The first-order valence-corrected chi connectivity index (χ1v) is 9.75. The maximum absolute atomic E-state index is 10.4. The Kier molecular flexibility index (Phi) is 6.94. The van der Waals surface area contributed by atoms with Gasteiger partial charge in [0.2, 0.25) is 0 Å². The molecular weight excluding hydrogens is 328 g/mol. The number of rotatable bonds is 8. The largest absolute Gasteiger partial charge is 0.398 e. The van der Waals surface area contributed by atoms with E-state index in [1.807, 2.05) is 6.92 Å². The van der Waals surface area contributed by atoms with Crippen LogP contribution in [0.5, 0.6) is 0 Å². The Morgan fingerprint density at radius 3 is 2.62 bits per heavy atom. The van der Waals surface area contributed by atoms with Gasteiger partial charge in [0.25, 0.3) is 0 Å². The zero-order valence-corrected chi connectivity index (χ0v) is 17.2. The SMILES string of the molecule is CCOCCOC(O)CN1c2cc(C(C)C)c(N)cc2CC(C)C1(C)C. The van der Waals surface area contributed by atoms with Crippen LogP contribution >= 0.6 is 0 Å². The molecule has 2 rings (SSSR count). The third-order valence-electron chi connectivity index (χ3n) is 5.71. The number of nitrogens with two attached hydrogens (primary N) is 1. The van der Waals surface area contributed by atoms with Crippen LogP contribution in [0.4, 0.5) is 11.4 Å². The lowest BCUT2D eigenvalue weighted by molar-refractivity contribution is -0.107. The number of aliphatic hydroxyl groups excluding tert-OH is 1. The molecular formula is C21H36N2O3. The first-order chi connectivity index (χ1) is 12.2. The van der Waals surface area contributed by atoms with E-state index >= 15 is 0 Å². The third kappa shape index (κ3) is 4.51. The number of aliphatic hydroxyl groups is 1. The molecule has 0 bridgehead atoms. The van der Waals surface area contributed by atoms with E-state index in [1.54, 1.807) is 0 Å². The van der Waals surface area contributed by atoms with Crippen LogP contribution in [0.1, 0.15) is 58.6 Å². The van der Waals surface area contributed by atoms with Gasteiger partial charge in [0, 0.05) is 23.5 Å². The normalized spacial score (nSPS) is 20.3. The van der Waals surface area contributed by atoms with Gasteiger partial charge in [-0.3, -0.25) is 0 Å². The van der Waals surface area contributed by atoms with Gasteiger partial charge >= 0.3 is 0 Å². The monoisotopic (exact) mass is 364 g/mol. The van der Waals surface area contributed by atoms with Crippen LogP contribution in [0.2, 0.25) is 0 Å². The highest BCUT2D eigenvalue weighted by Crippen LogP contribution is 2.43. The number of hydrogen-bond donors (Lipinski definition) is 2. The lowest BCUT2D eigenvalue weighted by Gasteiger charge is -2.50. The molecule has 0 spiro atoms. The van der Waals surface area contributed by atoms with Gasteiger partial charge in [-0.15, -0.1) is 0 Å². The molecule has 3 N–H and O–H groups in total. The molecule has 26 heavy (non-hydrogen) atoms. The van der Waals surface area contributed by atoms with Crippen molar-refractivity contribution < 1.29 is 14.6 Å². The van der Waals surface area contributed by atoms with Crippen molar-refractivity contribution in [3.8, 4) is 0 Å². The molecule has 5 heteroatoms. The summed E-state index contributed by atoms with van der Waals surface area (Å²) in [5.41, 5.74) is 10.6. The fourth-order valence-electron chi connectivity index (χ4n) is 3.67. The van der Waals surface area contributed by atoms with Crippen molar-refractivity contribution in [2.24, 2.45) is 5.92 Å². The number of fused-ring (bicyclic) bond motifs is 1. The minimum absolute atomic E-state index is 0.0817. The zero-order chi connectivity index (χ0) is 19.5. The molecule has 1 heterocycles. The second kappa shape index (κ2) is 8.59. The average Bonchev–Trinajstić information content (AvgIpc) is 2.55. The number of anilines is 2. The summed E-state index contributed by atoms with van der Waals surface area (Å²) in [4.78, 5) is 2.28. The minimum Gasteiger partial charge on any atom is -0.398 e. The lowest BCUT2D eigenvalue weighted by Crippen LogP contribution is -2.55. The summed E-state index contributed by atoms with van der Waals surface area (Å²) in [6.45, 7) is 15.0. The number of ether oxygens (including phenoxy) is 2. The Morgan fingerprint density at radius 2 is 2.00 bits per heavy atom. The maximum atomic E-state index is 10.4. The van der Waals surface area contributed by atoms with E-state index < -0.39 is 6.29 Å². The molecule has 2 unspecified atom stereocenters. The first-order valence-electron chi connectivity index (χ1n) is 9.75. The highest BCUT2D eigenvalue weighted by atomic mass is 16.6. The molecule has 1 aliphatic heterocycles. The molecule has 148 valence electrons. The minimum atomic E-state index is -0.854. The molecule has 2 atom stereocenters. The number of benzene rings is 1. The Morgan fingerprint density at radius 1 is 1.31 bits per heavy atom. The van der Waals surface area contributed by atoms with Crippen molar-refractivity contribution in [1.82, 2.24) is 0 Å². The third-order valence-corrected chi connectivity index (χ3v) is 5.71. The van der Waals surface area contributed by atoms with E-state index in [-0.39, 0.29) is 5.54 Å². The van der Waals surface area contributed by atoms with E-state index in [0.717, 1.165) is 17.7 Å². The quantitative estimate of drug-likeness (QED) is 0.419. The fourth-order valence-corrected chi connectivity index (χ4v) is 3.67. The highest BCUT2D eigenvalue weighted by Gasteiger charge is 2.39. The summed E-state index contributed by atoms with van der Waals surface area (Å²) in [6, 6.07) is 4.32.